The fourth-order valence-electron chi connectivity index (χ4n) is 1.75. The summed E-state index contributed by atoms with van der Waals surface area (Å²) in [6.07, 6.45) is 0. The lowest BCUT2D eigenvalue weighted by atomic mass is 10.3. The van der Waals surface area contributed by atoms with Crippen LogP contribution in [0.3, 0.4) is 0 Å². The molecule has 0 aromatic carbocycles. The van der Waals surface area contributed by atoms with Crippen LogP contribution in [-0.4, -0.2) is 65.9 Å². The molecule has 1 aliphatic heterocycles. The van der Waals surface area contributed by atoms with Crippen LogP contribution in [-0.2, 0) is 9.53 Å². The largest absolute Gasteiger partial charge is 0.461 e. The summed E-state index contributed by atoms with van der Waals surface area (Å²) in [5, 5.41) is 1.66. The second kappa shape index (κ2) is 6.00. The van der Waals surface area contributed by atoms with Gasteiger partial charge in [-0.3, -0.25) is 9.59 Å². The van der Waals surface area contributed by atoms with E-state index in [9.17, 15) is 14.4 Å². The first kappa shape index (κ1) is 14.4. The third-order valence-electron chi connectivity index (χ3n) is 2.92. The number of carbonyl (C=O) groups excluding carboxylic acids is 3. The highest BCUT2D eigenvalue weighted by Gasteiger charge is 2.27. The Morgan fingerprint density at radius 2 is 2.20 bits per heavy atom. The van der Waals surface area contributed by atoms with Gasteiger partial charge in [0.25, 0.3) is 5.91 Å². The monoisotopic (exact) mass is 297 g/mol. The molecule has 1 aliphatic rings. The maximum atomic E-state index is 12.2. The summed E-state index contributed by atoms with van der Waals surface area (Å²) in [7, 11) is 1.70. The summed E-state index contributed by atoms with van der Waals surface area (Å²) >= 11 is 1.06. The van der Waals surface area contributed by atoms with Crippen molar-refractivity contribution in [3.05, 3.63) is 16.1 Å². The molecular formula is C12H15N3O4S. The third-order valence-corrected chi connectivity index (χ3v) is 3.74. The molecule has 1 fully saturated rings. The minimum atomic E-state index is -0.536. The van der Waals surface area contributed by atoms with Crippen LogP contribution in [0, 0.1) is 0 Å². The number of hydrogen-bond donors (Lipinski definition) is 0. The molecule has 0 atom stereocenters. The molecule has 0 bridgehead atoms. The SMILES string of the molecule is CCOC(=O)c1nc(C(=O)N2CCN(C)C(=O)C2)cs1. The highest BCUT2D eigenvalue weighted by Crippen LogP contribution is 2.14. The number of hydrogen-bond acceptors (Lipinski definition) is 6. The zero-order valence-corrected chi connectivity index (χ0v) is 12.1. The lowest BCUT2D eigenvalue weighted by Gasteiger charge is -2.31. The average molecular weight is 297 g/mol. The Bertz CT molecular complexity index is 543. The van der Waals surface area contributed by atoms with Crippen LogP contribution in [0.5, 0.6) is 0 Å². The molecular weight excluding hydrogens is 282 g/mol. The number of thiazole rings is 1. The van der Waals surface area contributed by atoms with Gasteiger partial charge in [0, 0.05) is 25.5 Å². The van der Waals surface area contributed by atoms with Crippen molar-refractivity contribution >= 4 is 29.1 Å². The highest BCUT2D eigenvalue weighted by atomic mass is 32.1. The number of carbonyl (C=O) groups is 3. The molecule has 108 valence electrons. The summed E-state index contributed by atoms with van der Waals surface area (Å²) in [4.78, 5) is 42.3. The van der Waals surface area contributed by atoms with E-state index in [0.717, 1.165) is 11.3 Å². The molecule has 20 heavy (non-hydrogen) atoms. The smallest absolute Gasteiger partial charge is 0.367 e. The van der Waals surface area contributed by atoms with Crippen LogP contribution in [0.1, 0.15) is 27.2 Å². The maximum Gasteiger partial charge on any atom is 0.367 e. The Kier molecular flexibility index (Phi) is 4.33. The molecule has 2 amide bonds. The van der Waals surface area contributed by atoms with Crippen molar-refractivity contribution in [1.82, 2.24) is 14.8 Å². The predicted molar refractivity (Wildman–Crippen MR) is 71.6 cm³/mol. The summed E-state index contributed by atoms with van der Waals surface area (Å²) in [6.45, 7) is 2.97. The standard InChI is InChI=1S/C12H15N3O4S/c1-3-19-12(18)10-13-8(7-20-10)11(17)15-5-4-14(2)9(16)6-15/h7H,3-6H2,1-2H3. The summed E-state index contributed by atoms with van der Waals surface area (Å²) in [6, 6.07) is 0. The first-order chi connectivity index (χ1) is 9.52. The Morgan fingerprint density at radius 3 is 2.85 bits per heavy atom. The molecule has 1 aromatic rings. The van der Waals surface area contributed by atoms with E-state index >= 15 is 0 Å². The Labute approximate surface area is 120 Å². The zero-order chi connectivity index (χ0) is 14.7. The van der Waals surface area contributed by atoms with Gasteiger partial charge in [-0.15, -0.1) is 11.3 Å². The van der Waals surface area contributed by atoms with Gasteiger partial charge in [0.05, 0.1) is 6.61 Å². The second-order valence-corrected chi connectivity index (χ2v) is 5.16. The van der Waals surface area contributed by atoms with E-state index in [1.54, 1.807) is 18.9 Å². The predicted octanol–water partition coefficient (Wildman–Crippen LogP) is 0.234. The van der Waals surface area contributed by atoms with Gasteiger partial charge in [0.15, 0.2) is 0 Å². The van der Waals surface area contributed by atoms with Gasteiger partial charge >= 0.3 is 5.97 Å². The van der Waals surface area contributed by atoms with Crippen molar-refractivity contribution in [3.8, 4) is 0 Å². The highest BCUT2D eigenvalue weighted by molar-refractivity contribution is 7.11. The van der Waals surface area contributed by atoms with Gasteiger partial charge in [-0.2, -0.15) is 0 Å². The van der Waals surface area contributed by atoms with Crippen molar-refractivity contribution in [2.75, 3.05) is 33.3 Å². The molecule has 0 aliphatic carbocycles. The van der Waals surface area contributed by atoms with Crippen molar-refractivity contribution in [2.45, 2.75) is 6.92 Å². The van der Waals surface area contributed by atoms with Gasteiger partial charge in [0.1, 0.15) is 12.2 Å². The lowest BCUT2D eigenvalue weighted by Crippen LogP contribution is -2.50. The number of piperazine rings is 1. The molecule has 0 N–H and O–H groups in total. The molecule has 1 saturated heterocycles. The van der Waals surface area contributed by atoms with Crippen LogP contribution >= 0.6 is 11.3 Å². The lowest BCUT2D eigenvalue weighted by molar-refractivity contribution is -0.133. The third kappa shape index (κ3) is 2.96. The molecule has 2 heterocycles. The number of rotatable bonds is 3. The van der Waals surface area contributed by atoms with Crippen LogP contribution in [0.4, 0.5) is 0 Å². The van der Waals surface area contributed by atoms with E-state index in [4.69, 9.17) is 4.74 Å². The quantitative estimate of drug-likeness (QED) is 0.746. The van der Waals surface area contributed by atoms with Gasteiger partial charge in [-0.25, -0.2) is 9.78 Å². The van der Waals surface area contributed by atoms with E-state index in [-0.39, 0.29) is 35.7 Å². The fourth-order valence-corrected chi connectivity index (χ4v) is 2.44. The van der Waals surface area contributed by atoms with Crippen molar-refractivity contribution in [1.29, 1.82) is 0 Å². The van der Waals surface area contributed by atoms with Gasteiger partial charge in [-0.05, 0) is 6.92 Å². The molecule has 8 heteroatoms. The Balaban J connectivity index is 2.06. The molecule has 0 spiro atoms. The maximum absolute atomic E-state index is 12.2. The number of nitrogens with zero attached hydrogens (tertiary/aromatic N) is 3. The minimum Gasteiger partial charge on any atom is -0.461 e. The molecule has 0 unspecified atom stereocenters. The van der Waals surface area contributed by atoms with E-state index in [1.165, 1.54) is 10.3 Å². The van der Waals surface area contributed by atoms with Crippen molar-refractivity contribution < 1.29 is 19.1 Å². The Hall–Kier alpha value is -1.96. The molecule has 1 aromatic heterocycles. The fraction of sp³-hybridized carbons (Fsp3) is 0.500. The zero-order valence-electron chi connectivity index (χ0n) is 11.3. The van der Waals surface area contributed by atoms with Gasteiger partial charge in [0.2, 0.25) is 10.9 Å². The van der Waals surface area contributed by atoms with Crippen molar-refractivity contribution in [2.24, 2.45) is 0 Å². The topological polar surface area (TPSA) is 79.8 Å². The number of esters is 1. The molecule has 0 saturated carbocycles. The number of ether oxygens (including phenoxy) is 1. The Morgan fingerprint density at radius 1 is 1.45 bits per heavy atom. The molecule has 0 radical (unpaired) electrons. The van der Waals surface area contributed by atoms with Crippen LogP contribution in [0.25, 0.3) is 0 Å². The van der Waals surface area contributed by atoms with E-state index in [0.29, 0.717) is 13.1 Å². The van der Waals surface area contributed by atoms with E-state index in [2.05, 4.69) is 4.98 Å². The van der Waals surface area contributed by atoms with Gasteiger partial charge < -0.3 is 14.5 Å². The number of likely N-dealkylation sites (N-methyl/N-ethyl adjacent to an activating group) is 1. The van der Waals surface area contributed by atoms with Crippen LogP contribution in [0.15, 0.2) is 5.38 Å². The normalized spacial score (nSPS) is 15.4. The van der Waals surface area contributed by atoms with Crippen molar-refractivity contribution in [3.63, 3.8) is 0 Å². The average Bonchev–Trinajstić information content (AvgIpc) is 2.91. The van der Waals surface area contributed by atoms with Gasteiger partial charge in [-0.1, -0.05) is 0 Å². The summed E-state index contributed by atoms with van der Waals surface area (Å²) < 4.78 is 4.82. The van der Waals surface area contributed by atoms with E-state index < -0.39 is 5.97 Å². The molecule has 7 nitrogen and oxygen atoms in total. The second-order valence-electron chi connectivity index (χ2n) is 4.30. The van der Waals surface area contributed by atoms with E-state index in [1.807, 2.05) is 0 Å². The van der Waals surface area contributed by atoms with Crippen LogP contribution in [0.2, 0.25) is 0 Å². The number of amides is 2. The first-order valence-electron chi connectivity index (χ1n) is 6.18. The van der Waals surface area contributed by atoms with Crippen LogP contribution < -0.4 is 0 Å². The summed E-state index contributed by atoms with van der Waals surface area (Å²) in [5.41, 5.74) is 0.176. The molecule has 2 rings (SSSR count). The first-order valence-corrected chi connectivity index (χ1v) is 7.06. The summed E-state index contributed by atoms with van der Waals surface area (Å²) in [5.74, 6) is -0.977. The number of aromatic nitrogens is 1. The minimum absolute atomic E-state index is 0.0433.